The Morgan fingerprint density at radius 2 is 2.00 bits per heavy atom. The van der Waals surface area contributed by atoms with Crippen molar-refractivity contribution in [1.82, 2.24) is 10.2 Å². The number of anilines is 2. The third-order valence-electron chi connectivity index (χ3n) is 3.88. The number of carbonyl (C=O) groups excluding carboxylic acids is 1. The van der Waals surface area contributed by atoms with Crippen molar-refractivity contribution < 1.29 is 13.2 Å². The van der Waals surface area contributed by atoms with Crippen LogP contribution < -0.4 is 10.0 Å². The molecule has 2 aromatic carbocycles. The summed E-state index contributed by atoms with van der Waals surface area (Å²) in [6.45, 7) is 0. The molecule has 0 bridgehead atoms. The number of hydrogen-bond donors (Lipinski definition) is 3. The molecule has 25 heavy (non-hydrogen) atoms. The van der Waals surface area contributed by atoms with E-state index in [0.29, 0.717) is 22.5 Å². The number of aromatic nitrogens is 2. The monoisotopic (exact) mass is 354 g/mol. The molecular weight excluding hydrogens is 340 g/mol. The third-order valence-corrected chi connectivity index (χ3v) is 4.49. The van der Waals surface area contributed by atoms with Crippen LogP contribution in [0.15, 0.2) is 42.6 Å². The minimum Gasteiger partial charge on any atom is -0.321 e. The highest BCUT2D eigenvalue weighted by molar-refractivity contribution is 7.92. The molecule has 2 heterocycles. The topological polar surface area (TPSA) is 104 Å². The summed E-state index contributed by atoms with van der Waals surface area (Å²) in [7, 11) is -3.39. The van der Waals surface area contributed by atoms with Crippen molar-refractivity contribution >= 4 is 49.9 Å². The third kappa shape index (κ3) is 2.99. The highest BCUT2D eigenvalue weighted by Gasteiger charge is 2.24. The Labute approximate surface area is 143 Å². The maximum atomic E-state index is 12.3. The minimum atomic E-state index is -3.39. The fourth-order valence-corrected chi connectivity index (χ4v) is 3.38. The Morgan fingerprint density at radius 1 is 1.16 bits per heavy atom. The number of carbonyl (C=O) groups is 1. The Kier molecular flexibility index (Phi) is 3.36. The number of nitrogens with zero attached hydrogens (tertiary/aromatic N) is 1. The van der Waals surface area contributed by atoms with Gasteiger partial charge < -0.3 is 5.32 Å². The lowest BCUT2D eigenvalue weighted by Crippen LogP contribution is -2.09. The molecule has 1 aliphatic heterocycles. The van der Waals surface area contributed by atoms with Gasteiger partial charge in [0.15, 0.2) is 0 Å². The van der Waals surface area contributed by atoms with Gasteiger partial charge in [-0.15, -0.1) is 0 Å². The molecule has 1 aromatic heterocycles. The lowest BCUT2D eigenvalue weighted by molar-refractivity contribution is -0.110. The van der Waals surface area contributed by atoms with Crippen LogP contribution in [0.2, 0.25) is 0 Å². The van der Waals surface area contributed by atoms with Crippen molar-refractivity contribution in [3.8, 4) is 0 Å². The van der Waals surface area contributed by atoms with Crippen LogP contribution in [0.1, 0.15) is 11.1 Å². The first-order chi connectivity index (χ1) is 11.9. The maximum Gasteiger partial charge on any atom is 0.256 e. The average Bonchev–Trinajstić information content (AvgIpc) is 3.11. The molecule has 0 fully saturated rings. The molecule has 3 N–H and O–H groups in total. The molecule has 4 rings (SSSR count). The molecule has 1 aliphatic rings. The number of sulfonamides is 1. The number of hydrogen-bond acceptors (Lipinski definition) is 4. The SMILES string of the molecule is CS(=O)(=O)Nc1ccc2c(c1)C(=Cc1ccc3cn[nH]c3c1)C(=O)N2. The first kappa shape index (κ1) is 15.4. The van der Waals surface area contributed by atoms with Crippen molar-refractivity contribution in [3.63, 3.8) is 0 Å². The van der Waals surface area contributed by atoms with Gasteiger partial charge in [-0.3, -0.25) is 14.6 Å². The van der Waals surface area contributed by atoms with Gasteiger partial charge in [0.1, 0.15) is 0 Å². The number of amides is 1. The van der Waals surface area contributed by atoms with Gasteiger partial charge in [0.05, 0.1) is 18.0 Å². The van der Waals surface area contributed by atoms with Gasteiger partial charge >= 0.3 is 0 Å². The van der Waals surface area contributed by atoms with Crippen LogP contribution >= 0.6 is 0 Å². The highest BCUT2D eigenvalue weighted by Crippen LogP contribution is 2.35. The Bertz CT molecular complexity index is 1150. The van der Waals surface area contributed by atoms with Crippen LogP contribution in [-0.4, -0.2) is 30.8 Å². The molecule has 0 radical (unpaired) electrons. The number of rotatable bonds is 3. The number of benzene rings is 2. The van der Waals surface area contributed by atoms with E-state index in [-0.39, 0.29) is 5.91 Å². The van der Waals surface area contributed by atoms with E-state index in [1.165, 1.54) is 0 Å². The zero-order valence-corrected chi connectivity index (χ0v) is 14.0. The van der Waals surface area contributed by atoms with Crippen molar-refractivity contribution in [2.75, 3.05) is 16.3 Å². The van der Waals surface area contributed by atoms with Crippen LogP contribution in [0.4, 0.5) is 11.4 Å². The van der Waals surface area contributed by atoms with Crippen LogP contribution in [0.3, 0.4) is 0 Å². The number of aromatic amines is 1. The molecule has 0 aliphatic carbocycles. The van der Waals surface area contributed by atoms with E-state index in [1.807, 2.05) is 18.2 Å². The Hall–Kier alpha value is -3.13. The van der Waals surface area contributed by atoms with Crippen LogP contribution in [-0.2, 0) is 14.8 Å². The summed E-state index contributed by atoms with van der Waals surface area (Å²) in [6, 6.07) is 10.7. The zero-order valence-electron chi connectivity index (χ0n) is 13.2. The van der Waals surface area contributed by atoms with Crippen molar-refractivity contribution in [3.05, 3.63) is 53.7 Å². The minimum absolute atomic E-state index is 0.226. The summed E-state index contributed by atoms with van der Waals surface area (Å²) in [6.07, 6.45) is 4.58. The quantitative estimate of drug-likeness (QED) is 0.628. The smallest absolute Gasteiger partial charge is 0.256 e. The predicted molar refractivity (Wildman–Crippen MR) is 97.5 cm³/mol. The van der Waals surface area contributed by atoms with E-state index >= 15 is 0 Å². The van der Waals surface area contributed by atoms with E-state index in [4.69, 9.17) is 0 Å². The summed E-state index contributed by atoms with van der Waals surface area (Å²) in [4.78, 5) is 12.3. The van der Waals surface area contributed by atoms with Crippen molar-refractivity contribution in [1.29, 1.82) is 0 Å². The summed E-state index contributed by atoms with van der Waals surface area (Å²) >= 11 is 0. The Balaban J connectivity index is 1.78. The molecule has 1 amide bonds. The molecule has 8 heteroatoms. The number of fused-ring (bicyclic) bond motifs is 2. The van der Waals surface area contributed by atoms with Crippen molar-refractivity contribution in [2.45, 2.75) is 0 Å². The first-order valence-corrected chi connectivity index (χ1v) is 9.37. The zero-order chi connectivity index (χ0) is 17.6. The molecule has 0 unspecified atom stereocenters. The summed E-state index contributed by atoms with van der Waals surface area (Å²) in [5.74, 6) is -0.226. The lowest BCUT2D eigenvalue weighted by atomic mass is 10.0. The lowest BCUT2D eigenvalue weighted by Gasteiger charge is -2.06. The molecule has 7 nitrogen and oxygen atoms in total. The van der Waals surface area contributed by atoms with E-state index in [0.717, 1.165) is 22.7 Å². The van der Waals surface area contributed by atoms with Gasteiger partial charge in [0.25, 0.3) is 5.91 Å². The second kappa shape index (κ2) is 5.45. The van der Waals surface area contributed by atoms with Crippen LogP contribution in [0.25, 0.3) is 22.6 Å². The molecule has 0 saturated carbocycles. The first-order valence-electron chi connectivity index (χ1n) is 7.47. The number of H-pyrrole nitrogens is 1. The van der Waals surface area contributed by atoms with Gasteiger partial charge in [-0.25, -0.2) is 8.42 Å². The average molecular weight is 354 g/mol. The predicted octanol–water partition coefficient (Wildman–Crippen LogP) is 2.43. The van der Waals surface area contributed by atoms with Crippen LogP contribution in [0, 0.1) is 0 Å². The molecule has 3 aromatic rings. The maximum absolute atomic E-state index is 12.3. The summed E-state index contributed by atoms with van der Waals surface area (Å²) in [5.41, 5.74) is 3.91. The standard InChI is InChI=1S/C17H14N4O3S/c1-25(23,24)21-12-4-5-15-13(8-12)14(17(22)19-15)6-10-2-3-11-9-18-20-16(11)7-10/h2-9,21H,1H3,(H,18,20)(H,19,22). The largest absolute Gasteiger partial charge is 0.321 e. The molecular formula is C17H14N4O3S. The van der Waals surface area contributed by atoms with Gasteiger partial charge in [-0.05, 0) is 35.9 Å². The second-order valence-corrected chi connectivity index (χ2v) is 7.61. The fourth-order valence-electron chi connectivity index (χ4n) is 2.82. The molecule has 126 valence electrons. The van der Waals surface area contributed by atoms with E-state index in [2.05, 4.69) is 20.2 Å². The van der Waals surface area contributed by atoms with E-state index in [1.54, 1.807) is 30.5 Å². The van der Waals surface area contributed by atoms with Gasteiger partial charge in [0, 0.05) is 27.9 Å². The highest BCUT2D eigenvalue weighted by atomic mass is 32.2. The molecule has 0 atom stereocenters. The Morgan fingerprint density at radius 3 is 2.80 bits per heavy atom. The summed E-state index contributed by atoms with van der Waals surface area (Å²) in [5, 5.41) is 10.6. The van der Waals surface area contributed by atoms with Crippen molar-refractivity contribution in [2.24, 2.45) is 0 Å². The molecule has 0 saturated heterocycles. The summed E-state index contributed by atoms with van der Waals surface area (Å²) < 4.78 is 25.3. The van der Waals surface area contributed by atoms with Gasteiger partial charge in [-0.1, -0.05) is 12.1 Å². The van der Waals surface area contributed by atoms with Crippen LogP contribution in [0.5, 0.6) is 0 Å². The van der Waals surface area contributed by atoms with Gasteiger partial charge in [-0.2, -0.15) is 5.10 Å². The van der Waals surface area contributed by atoms with Gasteiger partial charge in [0.2, 0.25) is 10.0 Å². The normalized spacial score (nSPS) is 15.4. The van der Waals surface area contributed by atoms with E-state index < -0.39 is 10.0 Å². The fraction of sp³-hybridized carbons (Fsp3) is 0.0588. The molecule has 0 spiro atoms. The number of nitrogens with one attached hydrogen (secondary N) is 3. The second-order valence-electron chi connectivity index (χ2n) is 5.86. The van der Waals surface area contributed by atoms with E-state index in [9.17, 15) is 13.2 Å².